The van der Waals surface area contributed by atoms with E-state index in [4.69, 9.17) is 0 Å². The fraction of sp³-hybridized carbons (Fsp3) is 0.833. The zero-order valence-corrected chi connectivity index (χ0v) is 8.71. The summed E-state index contributed by atoms with van der Waals surface area (Å²) in [4.78, 5) is 0. The molecule has 1 aliphatic carbocycles. The molecular weight excluding hydrogens is 160 g/mol. The van der Waals surface area contributed by atoms with Crippen LogP contribution in [0.5, 0.6) is 0 Å². The van der Waals surface area contributed by atoms with Crippen molar-refractivity contribution in [2.75, 3.05) is 0 Å². The molecule has 1 N–H and O–H groups in total. The normalized spacial score (nSPS) is 22.3. The van der Waals surface area contributed by atoms with Crippen molar-refractivity contribution in [3.63, 3.8) is 0 Å². The maximum atomic E-state index is 9.85. The number of aliphatic hydroxyl groups excluding tert-OH is 1. The molecule has 1 fully saturated rings. The maximum Gasteiger partial charge on any atom is 0.0602 e. The van der Waals surface area contributed by atoms with E-state index in [0.29, 0.717) is 5.92 Å². The monoisotopic (exact) mass is 182 g/mol. The molecule has 1 saturated carbocycles. The van der Waals surface area contributed by atoms with E-state index < -0.39 is 0 Å². The van der Waals surface area contributed by atoms with Gasteiger partial charge in [-0.2, -0.15) is 0 Å². The molecule has 1 aliphatic rings. The van der Waals surface area contributed by atoms with Crippen LogP contribution in [0.2, 0.25) is 0 Å². The summed E-state index contributed by atoms with van der Waals surface area (Å²) >= 11 is 0. The van der Waals surface area contributed by atoms with Gasteiger partial charge in [-0.25, -0.2) is 0 Å². The van der Waals surface area contributed by atoms with E-state index in [1.54, 1.807) is 0 Å². The Morgan fingerprint density at radius 3 is 2.54 bits per heavy atom. The highest BCUT2D eigenvalue weighted by atomic mass is 16.3. The fourth-order valence-electron chi connectivity index (χ4n) is 2.11. The summed E-state index contributed by atoms with van der Waals surface area (Å²) in [6.07, 6.45) is 12.6. The van der Waals surface area contributed by atoms with Crippen LogP contribution in [0.25, 0.3) is 0 Å². The molecule has 0 aromatic heterocycles. The number of hydrogen-bond acceptors (Lipinski definition) is 1. The van der Waals surface area contributed by atoms with Gasteiger partial charge in [0.05, 0.1) is 6.10 Å². The second-order valence-corrected chi connectivity index (χ2v) is 4.08. The van der Waals surface area contributed by atoms with Crippen molar-refractivity contribution in [1.82, 2.24) is 0 Å². The van der Waals surface area contributed by atoms with Gasteiger partial charge >= 0.3 is 0 Å². The largest absolute Gasteiger partial charge is 0.393 e. The number of rotatable bonds is 4. The van der Waals surface area contributed by atoms with Crippen LogP contribution in [0.15, 0.2) is 12.2 Å². The summed E-state index contributed by atoms with van der Waals surface area (Å²) in [6.45, 7) is 2.13. The van der Waals surface area contributed by atoms with Crippen LogP contribution < -0.4 is 0 Å². The van der Waals surface area contributed by atoms with Crippen molar-refractivity contribution in [3.8, 4) is 0 Å². The topological polar surface area (TPSA) is 20.2 Å². The van der Waals surface area contributed by atoms with Gasteiger partial charge in [0, 0.05) is 0 Å². The average molecular weight is 182 g/mol. The lowest BCUT2D eigenvalue weighted by molar-refractivity contribution is 0.0873. The molecule has 13 heavy (non-hydrogen) atoms. The second-order valence-electron chi connectivity index (χ2n) is 4.08. The Balaban J connectivity index is 2.20. The molecule has 0 spiro atoms. The number of aliphatic hydroxyl groups is 1. The highest BCUT2D eigenvalue weighted by Crippen LogP contribution is 2.27. The molecular formula is C12H22O. The van der Waals surface area contributed by atoms with Crippen LogP contribution in [0.1, 0.15) is 51.9 Å². The molecule has 1 unspecified atom stereocenters. The standard InChI is InChI=1S/C12H22O/c1-2-3-5-10-12(13)11-8-6-4-7-9-11/h3,5,11-13H,2,4,6-10H2,1H3/b5-3+. The SMILES string of the molecule is CC/C=C/CC(O)C1CCCCC1. The summed E-state index contributed by atoms with van der Waals surface area (Å²) in [5, 5.41) is 9.85. The predicted octanol–water partition coefficient (Wildman–Crippen LogP) is 3.28. The van der Waals surface area contributed by atoms with Crippen molar-refractivity contribution < 1.29 is 5.11 Å². The third-order valence-corrected chi connectivity index (χ3v) is 2.97. The molecule has 1 nitrogen and oxygen atoms in total. The molecule has 0 amide bonds. The van der Waals surface area contributed by atoms with Crippen molar-refractivity contribution >= 4 is 0 Å². The predicted molar refractivity (Wildman–Crippen MR) is 56.6 cm³/mol. The van der Waals surface area contributed by atoms with Gasteiger partial charge in [0.25, 0.3) is 0 Å². The third-order valence-electron chi connectivity index (χ3n) is 2.97. The zero-order valence-electron chi connectivity index (χ0n) is 8.71. The Labute approximate surface area is 81.9 Å². The van der Waals surface area contributed by atoms with Crippen LogP contribution in [0.4, 0.5) is 0 Å². The summed E-state index contributed by atoms with van der Waals surface area (Å²) in [5.41, 5.74) is 0. The molecule has 76 valence electrons. The van der Waals surface area contributed by atoms with Gasteiger partial charge in [-0.15, -0.1) is 0 Å². The Hall–Kier alpha value is -0.300. The lowest BCUT2D eigenvalue weighted by Crippen LogP contribution is -2.22. The minimum Gasteiger partial charge on any atom is -0.393 e. The number of allylic oxidation sites excluding steroid dienone is 1. The Bertz CT molecular complexity index is 145. The zero-order chi connectivity index (χ0) is 9.52. The minimum absolute atomic E-state index is 0.0805. The summed E-state index contributed by atoms with van der Waals surface area (Å²) < 4.78 is 0. The average Bonchev–Trinajstić information content (AvgIpc) is 2.19. The quantitative estimate of drug-likeness (QED) is 0.661. The maximum absolute atomic E-state index is 9.85. The molecule has 0 bridgehead atoms. The summed E-state index contributed by atoms with van der Waals surface area (Å²) in [6, 6.07) is 0. The van der Waals surface area contributed by atoms with Gasteiger partial charge in [-0.1, -0.05) is 38.3 Å². The summed E-state index contributed by atoms with van der Waals surface area (Å²) in [7, 11) is 0. The highest BCUT2D eigenvalue weighted by Gasteiger charge is 2.20. The van der Waals surface area contributed by atoms with Gasteiger partial charge in [0.15, 0.2) is 0 Å². The highest BCUT2D eigenvalue weighted by molar-refractivity contribution is 4.85. The fourth-order valence-corrected chi connectivity index (χ4v) is 2.11. The van der Waals surface area contributed by atoms with E-state index in [-0.39, 0.29) is 6.10 Å². The van der Waals surface area contributed by atoms with E-state index in [1.165, 1.54) is 32.1 Å². The van der Waals surface area contributed by atoms with E-state index in [0.717, 1.165) is 12.8 Å². The van der Waals surface area contributed by atoms with E-state index >= 15 is 0 Å². The van der Waals surface area contributed by atoms with E-state index in [9.17, 15) is 5.11 Å². The van der Waals surface area contributed by atoms with Crippen LogP contribution in [0, 0.1) is 5.92 Å². The van der Waals surface area contributed by atoms with Crippen LogP contribution in [0.3, 0.4) is 0 Å². The first-order valence-electron chi connectivity index (χ1n) is 5.67. The van der Waals surface area contributed by atoms with Gasteiger partial charge in [0.2, 0.25) is 0 Å². The van der Waals surface area contributed by atoms with Crippen LogP contribution >= 0.6 is 0 Å². The Kier molecular flexibility index (Phi) is 5.14. The van der Waals surface area contributed by atoms with E-state index in [1.807, 2.05) is 0 Å². The van der Waals surface area contributed by atoms with Gasteiger partial charge in [0.1, 0.15) is 0 Å². The molecule has 0 heterocycles. The molecule has 1 rings (SSSR count). The summed E-state index contributed by atoms with van der Waals surface area (Å²) in [5.74, 6) is 0.579. The van der Waals surface area contributed by atoms with Crippen LogP contribution in [-0.2, 0) is 0 Å². The first-order chi connectivity index (χ1) is 6.34. The molecule has 1 atom stereocenters. The molecule has 0 aromatic carbocycles. The smallest absolute Gasteiger partial charge is 0.0602 e. The second kappa shape index (κ2) is 6.20. The Morgan fingerprint density at radius 1 is 1.23 bits per heavy atom. The Morgan fingerprint density at radius 2 is 1.92 bits per heavy atom. The van der Waals surface area contributed by atoms with Gasteiger partial charge < -0.3 is 5.11 Å². The van der Waals surface area contributed by atoms with Crippen molar-refractivity contribution in [2.24, 2.45) is 5.92 Å². The van der Waals surface area contributed by atoms with Crippen molar-refractivity contribution in [2.45, 2.75) is 58.0 Å². The molecule has 0 aliphatic heterocycles. The first-order valence-corrected chi connectivity index (χ1v) is 5.67. The number of hydrogen-bond donors (Lipinski definition) is 1. The molecule has 0 radical (unpaired) electrons. The van der Waals surface area contributed by atoms with Gasteiger partial charge in [-0.3, -0.25) is 0 Å². The molecule has 1 heteroatoms. The van der Waals surface area contributed by atoms with Gasteiger partial charge in [-0.05, 0) is 31.6 Å². The molecule has 0 aromatic rings. The lowest BCUT2D eigenvalue weighted by Gasteiger charge is -2.25. The van der Waals surface area contributed by atoms with E-state index in [2.05, 4.69) is 19.1 Å². The van der Waals surface area contributed by atoms with Crippen LogP contribution in [-0.4, -0.2) is 11.2 Å². The molecule has 0 saturated heterocycles. The lowest BCUT2D eigenvalue weighted by atomic mass is 9.84. The van der Waals surface area contributed by atoms with Crippen molar-refractivity contribution in [3.05, 3.63) is 12.2 Å². The minimum atomic E-state index is -0.0805. The third kappa shape index (κ3) is 3.95. The first kappa shape index (κ1) is 10.8. The van der Waals surface area contributed by atoms with Crippen molar-refractivity contribution in [1.29, 1.82) is 0 Å².